The second kappa shape index (κ2) is 26.8. The van der Waals surface area contributed by atoms with Gasteiger partial charge in [-0.3, -0.25) is 18.6 Å². The van der Waals surface area contributed by atoms with E-state index in [0.29, 0.717) is 12.8 Å². The minimum atomic E-state index is -5.09. The van der Waals surface area contributed by atoms with Crippen molar-refractivity contribution in [2.24, 2.45) is 0 Å². The maximum absolute atomic E-state index is 12.6. The summed E-state index contributed by atoms with van der Waals surface area (Å²) >= 11 is 0. The number of phosphoric ester groups is 1. The zero-order chi connectivity index (χ0) is 36.5. The lowest BCUT2D eigenvalue weighted by atomic mass is 9.85. The van der Waals surface area contributed by atoms with Crippen molar-refractivity contribution in [1.82, 2.24) is 0 Å². The minimum Gasteiger partial charge on any atom is -0.462 e. The van der Waals surface area contributed by atoms with Gasteiger partial charge in [0.05, 0.1) is 6.61 Å². The first-order valence-corrected chi connectivity index (χ1v) is 19.3. The van der Waals surface area contributed by atoms with E-state index in [1.54, 1.807) is 6.92 Å². The molecule has 1 saturated carbocycles. The summed E-state index contributed by atoms with van der Waals surface area (Å²) in [6, 6.07) is 0. The Labute approximate surface area is 291 Å². The first-order chi connectivity index (χ1) is 23.4. The number of aliphatic hydroxyl groups excluding tert-OH is 5. The molecule has 0 heterocycles. The molecule has 0 bridgehead atoms. The standard InChI is InChI=1S/C35H61O13P/c1-3-5-6-7-8-9-10-11-12-13-14-15-16-17-18-19-20-21-22-24-29(37)47-27(25-45-28(36)23-4-2)26-46-49(43,44)48-35-33(41)31(39)30(38)32(40)34(35)42/h8-9,11-12,14-15,27,30-35,38-42H,3-7,10,13,16-26H2,1-2H3,(H,43,44)/b9-8-,12-11-,15-14-. The van der Waals surface area contributed by atoms with Crippen LogP contribution in [0.25, 0.3) is 0 Å². The van der Waals surface area contributed by atoms with Crippen molar-refractivity contribution in [3.63, 3.8) is 0 Å². The molecule has 0 aromatic rings. The molecule has 0 amide bonds. The molecule has 13 nitrogen and oxygen atoms in total. The number of carbonyl (C=O) groups is 2. The van der Waals surface area contributed by atoms with E-state index in [1.165, 1.54) is 19.3 Å². The van der Waals surface area contributed by atoms with Crippen LogP contribution in [0.1, 0.15) is 117 Å². The van der Waals surface area contributed by atoms with Crippen molar-refractivity contribution in [2.75, 3.05) is 13.2 Å². The fourth-order valence-electron chi connectivity index (χ4n) is 5.03. The minimum absolute atomic E-state index is 0.0795. The molecule has 6 N–H and O–H groups in total. The van der Waals surface area contributed by atoms with Crippen molar-refractivity contribution in [2.45, 2.75) is 159 Å². The fourth-order valence-corrected chi connectivity index (χ4v) is 6.01. The van der Waals surface area contributed by atoms with Crippen LogP contribution in [0.5, 0.6) is 0 Å². The molecule has 49 heavy (non-hydrogen) atoms. The second-order valence-corrected chi connectivity index (χ2v) is 13.8. The van der Waals surface area contributed by atoms with Crippen LogP contribution in [0, 0.1) is 0 Å². The van der Waals surface area contributed by atoms with Crippen molar-refractivity contribution in [3.8, 4) is 0 Å². The average molecular weight is 721 g/mol. The maximum atomic E-state index is 12.6. The SMILES string of the molecule is CCCCC/C=C\C/C=C\C/C=C\CCCCCCCCC(=O)OC(COC(=O)CCC)COP(=O)(O)OC1C(O)C(O)C(O)C(O)C1O. The topological polar surface area (TPSA) is 210 Å². The first-order valence-electron chi connectivity index (χ1n) is 17.8. The van der Waals surface area contributed by atoms with Crippen LogP contribution in [0.2, 0.25) is 0 Å². The van der Waals surface area contributed by atoms with Gasteiger partial charge in [-0.1, -0.05) is 88.8 Å². The zero-order valence-corrected chi connectivity index (χ0v) is 30.1. The third-order valence-electron chi connectivity index (χ3n) is 7.95. The molecule has 0 aromatic carbocycles. The van der Waals surface area contributed by atoms with Gasteiger partial charge in [0.2, 0.25) is 0 Å². The Balaban J connectivity index is 2.36. The highest BCUT2D eigenvalue weighted by molar-refractivity contribution is 7.47. The molecule has 284 valence electrons. The van der Waals surface area contributed by atoms with Crippen molar-refractivity contribution in [1.29, 1.82) is 0 Å². The van der Waals surface area contributed by atoms with Crippen molar-refractivity contribution in [3.05, 3.63) is 36.5 Å². The summed E-state index contributed by atoms with van der Waals surface area (Å²) < 4.78 is 32.7. The highest BCUT2D eigenvalue weighted by atomic mass is 31.2. The number of ether oxygens (including phenoxy) is 2. The third-order valence-corrected chi connectivity index (χ3v) is 8.94. The monoisotopic (exact) mass is 720 g/mol. The van der Waals surface area contributed by atoms with E-state index in [2.05, 4.69) is 43.4 Å². The summed E-state index contributed by atoms with van der Waals surface area (Å²) in [7, 11) is -5.09. The number of hydrogen-bond donors (Lipinski definition) is 6. The quantitative estimate of drug-likeness (QED) is 0.0294. The molecule has 0 radical (unpaired) electrons. The normalized spacial score (nSPS) is 24.8. The number of hydrogen-bond acceptors (Lipinski definition) is 12. The molecule has 1 aliphatic rings. The van der Waals surface area contributed by atoms with E-state index in [0.717, 1.165) is 57.8 Å². The molecule has 14 heteroatoms. The average Bonchev–Trinajstić information content (AvgIpc) is 3.07. The lowest BCUT2D eigenvalue weighted by Crippen LogP contribution is -2.64. The highest BCUT2D eigenvalue weighted by Crippen LogP contribution is 2.47. The molecule has 6 unspecified atom stereocenters. The largest absolute Gasteiger partial charge is 0.472 e. The van der Waals surface area contributed by atoms with Gasteiger partial charge in [0.1, 0.15) is 43.2 Å². The van der Waals surface area contributed by atoms with Crippen LogP contribution >= 0.6 is 7.82 Å². The van der Waals surface area contributed by atoms with Crippen LogP contribution in [-0.2, 0) is 32.7 Å². The maximum Gasteiger partial charge on any atom is 0.472 e. The summed E-state index contributed by atoms with van der Waals surface area (Å²) in [6.07, 6.45) is 14.3. The summed E-state index contributed by atoms with van der Waals surface area (Å²) in [4.78, 5) is 34.5. The van der Waals surface area contributed by atoms with E-state index in [-0.39, 0.29) is 12.8 Å². The Bertz CT molecular complexity index is 1020. The van der Waals surface area contributed by atoms with Gasteiger partial charge in [-0.2, -0.15) is 0 Å². The molecular formula is C35H61O13P. The summed E-state index contributed by atoms with van der Waals surface area (Å²) in [5, 5.41) is 49.5. The van der Waals surface area contributed by atoms with Gasteiger partial charge < -0.3 is 39.9 Å². The number of unbranched alkanes of at least 4 members (excludes halogenated alkanes) is 9. The molecule has 0 spiro atoms. The van der Waals surface area contributed by atoms with Crippen LogP contribution in [0.3, 0.4) is 0 Å². The fraction of sp³-hybridized carbons (Fsp3) is 0.771. The lowest BCUT2D eigenvalue weighted by molar-refractivity contribution is -0.220. The molecule has 1 aliphatic carbocycles. The number of carbonyl (C=O) groups excluding carboxylic acids is 2. The molecule has 0 aliphatic heterocycles. The Hall–Kier alpha value is -1.93. The van der Waals surface area contributed by atoms with Crippen LogP contribution in [-0.4, -0.2) is 98.3 Å². The van der Waals surface area contributed by atoms with Crippen LogP contribution in [0.15, 0.2) is 36.5 Å². The smallest absolute Gasteiger partial charge is 0.462 e. The summed E-state index contributed by atoms with van der Waals surface area (Å²) in [6.45, 7) is 2.79. The first kappa shape index (κ1) is 45.1. The molecule has 1 fully saturated rings. The Morgan fingerprint density at radius 3 is 1.71 bits per heavy atom. The van der Waals surface area contributed by atoms with Gasteiger partial charge in [0, 0.05) is 12.8 Å². The van der Waals surface area contributed by atoms with Gasteiger partial charge >= 0.3 is 19.8 Å². The van der Waals surface area contributed by atoms with Crippen molar-refractivity contribution < 1.29 is 63.1 Å². The number of aliphatic hydroxyl groups is 5. The van der Waals surface area contributed by atoms with Gasteiger partial charge in [-0.25, -0.2) is 4.57 Å². The van der Waals surface area contributed by atoms with E-state index in [1.807, 2.05) is 0 Å². The second-order valence-electron chi connectivity index (χ2n) is 12.4. The van der Waals surface area contributed by atoms with E-state index < -0.39 is 75.7 Å². The molecule has 6 atom stereocenters. The Kier molecular flexibility index (Phi) is 24.7. The third kappa shape index (κ3) is 20.5. The van der Waals surface area contributed by atoms with Crippen LogP contribution in [0.4, 0.5) is 0 Å². The number of rotatable bonds is 27. The number of esters is 2. The van der Waals surface area contributed by atoms with Gasteiger partial charge in [-0.05, 0) is 51.4 Å². The Morgan fingerprint density at radius 2 is 1.14 bits per heavy atom. The highest BCUT2D eigenvalue weighted by Gasteiger charge is 2.51. The summed E-state index contributed by atoms with van der Waals surface area (Å²) in [5.74, 6) is -1.18. The van der Waals surface area contributed by atoms with E-state index >= 15 is 0 Å². The summed E-state index contributed by atoms with van der Waals surface area (Å²) in [5.41, 5.74) is 0. The van der Waals surface area contributed by atoms with Crippen LogP contribution < -0.4 is 0 Å². The van der Waals surface area contributed by atoms with E-state index in [4.69, 9.17) is 18.5 Å². The van der Waals surface area contributed by atoms with Gasteiger partial charge in [0.15, 0.2) is 6.10 Å². The molecule has 0 aromatic heterocycles. The molecular weight excluding hydrogens is 659 g/mol. The zero-order valence-electron chi connectivity index (χ0n) is 29.2. The lowest BCUT2D eigenvalue weighted by Gasteiger charge is -2.41. The van der Waals surface area contributed by atoms with Gasteiger partial charge in [-0.15, -0.1) is 0 Å². The van der Waals surface area contributed by atoms with Gasteiger partial charge in [0.25, 0.3) is 0 Å². The Morgan fingerprint density at radius 1 is 0.633 bits per heavy atom. The number of allylic oxidation sites excluding steroid dienone is 6. The van der Waals surface area contributed by atoms with Crippen molar-refractivity contribution >= 4 is 19.8 Å². The predicted molar refractivity (Wildman–Crippen MR) is 184 cm³/mol. The molecule has 0 saturated heterocycles. The predicted octanol–water partition coefficient (Wildman–Crippen LogP) is 4.71. The molecule has 1 rings (SSSR count). The van der Waals surface area contributed by atoms with E-state index in [9.17, 15) is 44.6 Å². The number of phosphoric acid groups is 1.